The van der Waals surface area contributed by atoms with Crippen molar-refractivity contribution in [1.82, 2.24) is 15.3 Å². The minimum atomic E-state index is -0.329. The Kier molecular flexibility index (Phi) is 7.29. The van der Waals surface area contributed by atoms with Crippen molar-refractivity contribution in [1.29, 1.82) is 0 Å². The SMILES string of the molecule is CC1(C)CC(NC(=O)CCN2CCOCC2)CC(C)(C)N1O.Cl. The lowest BCUT2D eigenvalue weighted by molar-refractivity contribution is -0.246. The second-order valence-electron chi connectivity index (χ2n) is 7.81. The first-order valence-corrected chi connectivity index (χ1v) is 8.29. The van der Waals surface area contributed by atoms with Gasteiger partial charge in [-0.2, -0.15) is 5.06 Å². The highest BCUT2D eigenvalue weighted by molar-refractivity contribution is 5.85. The predicted molar refractivity (Wildman–Crippen MR) is 92.1 cm³/mol. The van der Waals surface area contributed by atoms with E-state index < -0.39 is 0 Å². The number of ether oxygens (including phenoxy) is 1. The molecule has 2 rings (SSSR count). The molecule has 2 heterocycles. The zero-order valence-corrected chi connectivity index (χ0v) is 15.6. The van der Waals surface area contributed by atoms with Gasteiger partial charge in [0, 0.05) is 43.2 Å². The van der Waals surface area contributed by atoms with E-state index in [-0.39, 0.29) is 35.4 Å². The molecule has 2 saturated heterocycles. The Labute approximate surface area is 145 Å². The van der Waals surface area contributed by atoms with Crippen molar-refractivity contribution in [2.75, 3.05) is 32.8 Å². The standard InChI is InChI=1S/C16H31N3O3.ClH/c1-15(2)11-13(12-16(3,4)19(15)21)17-14(20)5-6-18-7-9-22-10-8-18;/h13,21H,5-12H2,1-4H3,(H,17,20);1H. The van der Waals surface area contributed by atoms with Crippen LogP contribution in [0.3, 0.4) is 0 Å². The first kappa shape index (κ1) is 20.6. The predicted octanol–water partition coefficient (Wildman–Crippen LogP) is 1.66. The van der Waals surface area contributed by atoms with Crippen molar-refractivity contribution < 1.29 is 14.7 Å². The van der Waals surface area contributed by atoms with Crippen LogP contribution in [-0.4, -0.2) is 71.0 Å². The molecule has 0 saturated carbocycles. The summed E-state index contributed by atoms with van der Waals surface area (Å²) in [6, 6.07) is 0.116. The molecule has 7 heteroatoms. The molecule has 0 aromatic heterocycles. The van der Waals surface area contributed by atoms with Crippen LogP contribution < -0.4 is 5.32 Å². The van der Waals surface area contributed by atoms with Crippen molar-refractivity contribution >= 4 is 18.3 Å². The molecule has 0 bridgehead atoms. The zero-order chi connectivity index (χ0) is 16.4. The second-order valence-corrected chi connectivity index (χ2v) is 7.81. The smallest absolute Gasteiger partial charge is 0.221 e. The van der Waals surface area contributed by atoms with E-state index in [1.807, 2.05) is 27.7 Å². The maximum absolute atomic E-state index is 12.2. The van der Waals surface area contributed by atoms with Gasteiger partial charge in [0.25, 0.3) is 0 Å². The van der Waals surface area contributed by atoms with Gasteiger partial charge in [0.2, 0.25) is 5.91 Å². The first-order chi connectivity index (χ1) is 10.2. The fourth-order valence-electron chi connectivity index (χ4n) is 3.76. The van der Waals surface area contributed by atoms with Gasteiger partial charge < -0.3 is 15.3 Å². The number of hydrogen-bond donors (Lipinski definition) is 2. The first-order valence-electron chi connectivity index (χ1n) is 8.29. The number of carbonyl (C=O) groups is 1. The summed E-state index contributed by atoms with van der Waals surface area (Å²) >= 11 is 0. The number of halogens is 1. The molecule has 2 fully saturated rings. The van der Waals surface area contributed by atoms with Gasteiger partial charge in [-0.1, -0.05) is 0 Å². The van der Waals surface area contributed by atoms with Gasteiger partial charge in [0.1, 0.15) is 0 Å². The van der Waals surface area contributed by atoms with Gasteiger partial charge in [-0.3, -0.25) is 9.69 Å². The molecule has 2 aliphatic rings. The molecule has 0 unspecified atom stereocenters. The monoisotopic (exact) mass is 349 g/mol. The number of hydroxylamine groups is 2. The van der Waals surface area contributed by atoms with Crippen molar-refractivity contribution in [3.05, 3.63) is 0 Å². The molecular weight excluding hydrogens is 318 g/mol. The lowest BCUT2D eigenvalue weighted by Gasteiger charge is -2.51. The van der Waals surface area contributed by atoms with Crippen LogP contribution in [0.1, 0.15) is 47.0 Å². The zero-order valence-electron chi connectivity index (χ0n) is 14.8. The molecule has 2 N–H and O–H groups in total. The number of hydrogen-bond acceptors (Lipinski definition) is 5. The van der Waals surface area contributed by atoms with Crippen LogP contribution in [0.15, 0.2) is 0 Å². The summed E-state index contributed by atoms with van der Waals surface area (Å²) < 4.78 is 5.31. The minimum absolute atomic E-state index is 0. The molecule has 136 valence electrons. The molecule has 0 aromatic carbocycles. The van der Waals surface area contributed by atoms with Gasteiger partial charge in [-0.25, -0.2) is 0 Å². The van der Waals surface area contributed by atoms with Gasteiger partial charge in [0.05, 0.1) is 13.2 Å². The number of carbonyl (C=O) groups excluding carboxylic acids is 1. The minimum Gasteiger partial charge on any atom is -0.379 e. The number of rotatable bonds is 4. The highest BCUT2D eigenvalue weighted by atomic mass is 35.5. The average molecular weight is 350 g/mol. The maximum atomic E-state index is 12.2. The van der Waals surface area contributed by atoms with E-state index in [1.54, 1.807) is 0 Å². The Morgan fingerprint density at radius 3 is 2.22 bits per heavy atom. The lowest BCUT2D eigenvalue weighted by atomic mass is 9.79. The highest BCUT2D eigenvalue weighted by Crippen LogP contribution is 2.36. The van der Waals surface area contributed by atoms with E-state index in [0.717, 1.165) is 45.7 Å². The van der Waals surface area contributed by atoms with Crippen LogP contribution >= 0.6 is 12.4 Å². The molecular formula is C16H32ClN3O3. The molecule has 6 nitrogen and oxygen atoms in total. The summed E-state index contributed by atoms with van der Waals surface area (Å²) in [6.07, 6.45) is 2.05. The molecule has 2 aliphatic heterocycles. The molecule has 1 amide bonds. The van der Waals surface area contributed by atoms with E-state index in [4.69, 9.17) is 4.74 Å². The molecule has 0 spiro atoms. The lowest BCUT2D eigenvalue weighted by Crippen LogP contribution is -2.63. The van der Waals surface area contributed by atoms with Crippen LogP contribution in [0.25, 0.3) is 0 Å². The van der Waals surface area contributed by atoms with Crippen molar-refractivity contribution in [3.8, 4) is 0 Å². The number of piperidine rings is 1. The van der Waals surface area contributed by atoms with Crippen molar-refractivity contribution in [2.24, 2.45) is 0 Å². The van der Waals surface area contributed by atoms with E-state index in [0.29, 0.717) is 6.42 Å². The Morgan fingerprint density at radius 2 is 1.70 bits per heavy atom. The molecule has 23 heavy (non-hydrogen) atoms. The van der Waals surface area contributed by atoms with Crippen LogP contribution in [0, 0.1) is 0 Å². The largest absolute Gasteiger partial charge is 0.379 e. The third kappa shape index (κ3) is 5.57. The summed E-state index contributed by atoms with van der Waals surface area (Å²) in [4.78, 5) is 14.5. The second kappa shape index (κ2) is 8.12. The van der Waals surface area contributed by atoms with E-state index in [2.05, 4.69) is 10.2 Å². The topological polar surface area (TPSA) is 65.0 Å². The normalized spacial score (nSPS) is 25.6. The quantitative estimate of drug-likeness (QED) is 0.808. The van der Waals surface area contributed by atoms with Crippen molar-refractivity contribution in [2.45, 2.75) is 64.1 Å². The molecule has 0 aromatic rings. The van der Waals surface area contributed by atoms with Gasteiger partial charge in [0.15, 0.2) is 0 Å². The maximum Gasteiger partial charge on any atom is 0.221 e. The molecule has 0 radical (unpaired) electrons. The molecule has 0 atom stereocenters. The third-order valence-corrected chi connectivity index (χ3v) is 4.76. The Balaban J connectivity index is 0.00000264. The van der Waals surface area contributed by atoms with E-state index in [9.17, 15) is 10.0 Å². The molecule has 0 aliphatic carbocycles. The number of nitrogens with zero attached hydrogens (tertiary/aromatic N) is 2. The van der Waals surface area contributed by atoms with Crippen molar-refractivity contribution in [3.63, 3.8) is 0 Å². The van der Waals surface area contributed by atoms with Gasteiger partial charge in [-0.05, 0) is 40.5 Å². The van der Waals surface area contributed by atoms with E-state index in [1.165, 1.54) is 5.06 Å². The highest BCUT2D eigenvalue weighted by Gasteiger charge is 2.45. The summed E-state index contributed by atoms with van der Waals surface area (Å²) in [7, 11) is 0. The van der Waals surface area contributed by atoms with Crippen LogP contribution in [0.2, 0.25) is 0 Å². The number of amides is 1. The Hall–Kier alpha value is -0.400. The van der Waals surface area contributed by atoms with Crippen LogP contribution in [0.5, 0.6) is 0 Å². The fourth-order valence-corrected chi connectivity index (χ4v) is 3.76. The Bertz CT molecular complexity index is 380. The third-order valence-electron chi connectivity index (χ3n) is 4.76. The average Bonchev–Trinajstić information content (AvgIpc) is 2.43. The fraction of sp³-hybridized carbons (Fsp3) is 0.938. The Morgan fingerprint density at radius 1 is 1.17 bits per heavy atom. The van der Waals surface area contributed by atoms with Crippen LogP contribution in [-0.2, 0) is 9.53 Å². The van der Waals surface area contributed by atoms with Gasteiger partial charge >= 0.3 is 0 Å². The van der Waals surface area contributed by atoms with Gasteiger partial charge in [-0.15, -0.1) is 12.4 Å². The summed E-state index contributed by atoms with van der Waals surface area (Å²) in [6.45, 7) is 12.2. The summed E-state index contributed by atoms with van der Waals surface area (Å²) in [5.74, 6) is 0.106. The van der Waals surface area contributed by atoms with E-state index >= 15 is 0 Å². The number of morpholine rings is 1. The summed E-state index contributed by atoms with van der Waals surface area (Å²) in [5, 5.41) is 14.9. The summed E-state index contributed by atoms with van der Waals surface area (Å²) in [5.41, 5.74) is -0.659. The van der Waals surface area contributed by atoms with Crippen LogP contribution in [0.4, 0.5) is 0 Å². The number of nitrogens with one attached hydrogen (secondary N) is 1.